The Kier molecular flexibility index (Phi) is 10.8. The quantitative estimate of drug-likeness (QED) is 0.615. The second-order valence-corrected chi connectivity index (χ2v) is 6.79. The zero-order valence-corrected chi connectivity index (χ0v) is 18.4. The Hall–Kier alpha value is -2.02. The molecule has 0 radical (unpaired) electrons. The Morgan fingerprint density at radius 3 is 2.59 bits per heavy atom. The lowest BCUT2D eigenvalue weighted by Crippen LogP contribution is -2.49. The summed E-state index contributed by atoms with van der Waals surface area (Å²) in [6, 6.07) is 11.3. The fraction of sp³-hybridized carbons (Fsp3) is 0.429. The third-order valence-electron chi connectivity index (χ3n) is 4.75. The number of carbonyl (C=O) groups is 1. The maximum absolute atomic E-state index is 12.4. The van der Waals surface area contributed by atoms with Gasteiger partial charge in [-0.05, 0) is 43.6 Å². The molecule has 2 N–H and O–H groups in total. The second-order valence-electron chi connectivity index (χ2n) is 6.79. The van der Waals surface area contributed by atoms with Gasteiger partial charge in [-0.3, -0.25) is 4.79 Å². The number of pyridine rings is 1. The highest BCUT2D eigenvalue weighted by molar-refractivity contribution is 5.85. The number of nitrogens with one attached hydrogen (secondary N) is 2. The third kappa shape index (κ3) is 6.77. The third-order valence-corrected chi connectivity index (χ3v) is 4.75. The van der Waals surface area contributed by atoms with E-state index < -0.39 is 0 Å². The van der Waals surface area contributed by atoms with Crippen molar-refractivity contribution in [3.05, 3.63) is 48.2 Å². The largest absolute Gasteiger partial charge is 0.490 e. The van der Waals surface area contributed by atoms with Gasteiger partial charge in [0.1, 0.15) is 0 Å². The summed E-state index contributed by atoms with van der Waals surface area (Å²) in [4.78, 5) is 16.7. The molecule has 2 heterocycles. The number of ether oxygens (including phenoxy) is 2. The Bertz CT molecular complexity index is 772. The SMILES string of the molecule is CCCOc1ccccc1Oc1ncccc1CNC(=O)C(C)C1CNC1.Cl.Cl. The van der Waals surface area contributed by atoms with E-state index in [9.17, 15) is 4.79 Å². The maximum Gasteiger partial charge on any atom is 0.224 e. The molecule has 2 aromatic rings. The molecule has 1 fully saturated rings. The van der Waals surface area contributed by atoms with Crippen LogP contribution in [0.3, 0.4) is 0 Å². The topological polar surface area (TPSA) is 72.5 Å². The van der Waals surface area contributed by atoms with Crippen molar-refractivity contribution in [2.75, 3.05) is 19.7 Å². The van der Waals surface area contributed by atoms with Crippen molar-refractivity contribution in [2.45, 2.75) is 26.8 Å². The van der Waals surface area contributed by atoms with Gasteiger partial charge in [-0.25, -0.2) is 4.98 Å². The number of halogens is 2. The lowest BCUT2D eigenvalue weighted by atomic mass is 9.88. The van der Waals surface area contributed by atoms with Gasteiger partial charge in [-0.1, -0.05) is 32.0 Å². The summed E-state index contributed by atoms with van der Waals surface area (Å²) in [5.74, 6) is 2.25. The molecule has 0 spiro atoms. The molecule has 6 nitrogen and oxygen atoms in total. The summed E-state index contributed by atoms with van der Waals surface area (Å²) in [6.45, 7) is 6.85. The molecular formula is C21H29Cl2N3O3. The Morgan fingerprint density at radius 1 is 1.21 bits per heavy atom. The molecule has 1 aliphatic rings. The van der Waals surface area contributed by atoms with Crippen molar-refractivity contribution < 1.29 is 14.3 Å². The highest BCUT2D eigenvalue weighted by Gasteiger charge is 2.28. The summed E-state index contributed by atoms with van der Waals surface area (Å²) in [5.41, 5.74) is 0.829. The van der Waals surface area contributed by atoms with E-state index in [-0.39, 0.29) is 36.6 Å². The predicted molar refractivity (Wildman–Crippen MR) is 118 cm³/mol. The average molecular weight is 442 g/mol. The summed E-state index contributed by atoms with van der Waals surface area (Å²) in [5, 5.41) is 6.21. The van der Waals surface area contributed by atoms with Crippen LogP contribution in [0.2, 0.25) is 0 Å². The van der Waals surface area contributed by atoms with Crippen LogP contribution in [0.15, 0.2) is 42.6 Å². The molecule has 0 saturated carbocycles. The van der Waals surface area contributed by atoms with Crippen LogP contribution < -0.4 is 20.1 Å². The molecule has 1 unspecified atom stereocenters. The Labute approximate surface area is 184 Å². The predicted octanol–water partition coefficient (Wildman–Crippen LogP) is 3.98. The van der Waals surface area contributed by atoms with Crippen LogP contribution in [0.1, 0.15) is 25.8 Å². The zero-order chi connectivity index (χ0) is 19.1. The zero-order valence-electron chi connectivity index (χ0n) is 16.7. The molecular weight excluding hydrogens is 413 g/mol. The molecule has 8 heteroatoms. The van der Waals surface area contributed by atoms with Crippen molar-refractivity contribution in [2.24, 2.45) is 11.8 Å². The molecule has 0 aliphatic carbocycles. The molecule has 1 aromatic heterocycles. The molecule has 0 bridgehead atoms. The molecule has 1 saturated heterocycles. The normalized spacial score (nSPS) is 13.9. The van der Waals surface area contributed by atoms with E-state index >= 15 is 0 Å². The van der Waals surface area contributed by atoms with Gasteiger partial charge in [-0.15, -0.1) is 24.8 Å². The van der Waals surface area contributed by atoms with E-state index in [0.29, 0.717) is 36.4 Å². The molecule has 1 amide bonds. The molecule has 1 aliphatic heterocycles. The summed E-state index contributed by atoms with van der Waals surface area (Å²) >= 11 is 0. The van der Waals surface area contributed by atoms with Crippen LogP contribution >= 0.6 is 24.8 Å². The number of rotatable bonds is 9. The number of para-hydroxylation sites is 2. The van der Waals surface area contributed by atoms with Crippen molar-refractivity contribution >= 4 is 30.7 Å². The van der Waals surface area contributed by atoms with Crippen molar-refractivity contribution in [3.63, 3.8) is 0 Å². The molecule has 1 atom stereocenters. The lowest BCUT2D eigenvalue weighted by molar-refractivity contribution is -0.126. The van der Waals surface area contributed by atoms with E-state index in [1.54, 1.807) is 6.20 Å². The second kappa shape index (κ2) is 12.5. The molecule has 1 aromatic carbocycles. The van der Waals surface area contributed by atoms with Crippen molar-refractivity contribution in [3.8, 4) is 17.4 Å². The monoisotopic (exact) mass is 441 g/mol. The highest BCUT2D eigenvalue weighted by Crippen LogP contribution is 2.32. The summed E-state index contributed by atoms with van der Waals surface area (Å²) in [6.07, 6.45) is 2.60. The van der Waals surface area contributed by atoms with E-state index in [2.05, 4.69) is 22.5 Å². The summed E-state index contributed by atoms with van der Waals surface area (Å²) in [7, 11) is 0. The minimum atomic E-state index is -0.00420. The minimum Gasteiger partial charge on any atom is -0.490 e. The van der Waals surface area contributed by atoms with Crippen molar-refractivity contribution in [1.82, 2.24) is 15.6 Å². The number of benzene rings is 1. The van der Waals surface area contributed by atoms with Crippen molar-refractivity contribution in [1.29, 1.82) is 0 Å². The number of carbonyl (C=O) groups excluding carboxylic acids is 1. The highest BCUT2D eigenvalue weighted by atomic mass is 35.5. The van der Waals surface area contributed by atoms with Gasteiger partial charge in [0.25, 0.3) is 0 Å². The van der Waals surface area contributed by atoms with Gasteiger partial charge in [0, 0.05) is 24.2 Å². The van der Waals surface area contributed by atoms with E-state index in [1.807, 2.05) is 43.3 Å². The average Bonchev–Trinajstić information content (AvgIpc) is 2.65. The van der Waals surface area contributed by atoms with Gasteiger partial charge in [0.05, 0.1) is 6.61 Å². The van der Waals surface area contributed by atoms with Gasteiger partial charge in [0.2, 0.25) is 11.8 Å². The number of hydrogen-bond donors (Lipinski definition) is 2. The molecule has 29 heavy (non-hydrogen) atoms. The van der Waals surface area contributed by atoms with Crippen LogP contribution in [0.25, 0.3) is 0 Å². The molecule has 3 rings (SSSR count). The summed E-state index contributed by atoms with van der Waals surface area (Å²) < 4.78 is 11.8. The maximum atomic E-state index is 12.4. The van der Waals surface area contributed by atoms with Crippen LogP contribution in [0.5, 0.6) is 17.4 Å². The fourth-order valence-corrected chi connectivity index (χ4v) is 2.84. The van der Waals surface area contributed by atoms with E-state index in [1.165, 1.54) is 0 Å². The van der Waals surface area contributed by atoms with Crippen LogP contribution in [0.4, 0.5) is 0 Å². The first kappa shape index (κ1) is 25.0. The number of nitrogens with zero attached hydrogens (tertiary/aromatic N) is 1. The van der Waals surface area contributed by atoms with Crippen LogP contribution in [0, 0.1) is 11.8 Å². The first-order valence-electron chi connectivity index (χ1n) is 9.51. The fourth-order valence-electron chi connectivity index (χ4n) is 2.84. The number of hydrogen-bond acceptors (Lipinski definition) is 5. The Morgan fingerprint density at radius 2 is 1.93 bits per heavy atom. The molecule has 160 valence electrons. The smallest absolute Gasteiger partial charge is 0.224 e. The van der Waals surface area contributed by atoms with Gasteiger partial charge in [0.15, 0.2) is 11.5 Å². The van der Waals surface area contributed by atoms with Gasteiger partial charge >= 0.3 is 0 Å². The van der Waals surface area contributed by atoms with Crippen LogP contribution in [-0.2, 0) is 11.3 Å². The van der Waals surface area contributed by atoms with E-state index in [4.69, 9.17) is 9.47 Å². The van der Waals surface area contributed by atoms with Gasteiger partial charge in [-0.2, -0.15) is 0 Å². The van der Waals surface area contributed by atoms with Crippen LogP contribution in [-0.4, -0.2) is 30.6 Å². The van der Waals surface area contributed by atoms with Gasteiger partial charge < -0.3 is 20.1 Å². The first-order chi connectivity index (χ1) is 13.2. The Balaban J connectivity index is 0.00000210. The van der Waals surface area contributed by atoms with E-state index in [0.717, 1.165) is 25.1 Å². The number of aromatic nitrogens is 1. The minimum absolute atomic E-state index is 0. The lowest BCUT2D eigenvalue weighted by Gasteiger charge is -2.31. The number of amides is 1. The first-order valence-corrected chi connectivity index (χ1v) is 9.51. The standard InChI is InChI=1S/C21H27N3O3.2ClH/c1-3-11-26-18-8-4-5-9-19(18)27-21-16(7-6-10-23-21)14-24-20(25)15(2)17-12-22-13-17;;/h4-10,15,17,22H,3,11-14H2,1-2H3,(H,24,25);2*1H.